The molecule has 0 saturated heterocycles. The van der Waals surface area contributed by atoms with Crippen molar-refractivity contribution in [2.24, 2.45) is 4.40 Å². The highest BCUT2D eigenvalue weighted by Gasteiger charge is 2.22. The number of nitro benzene ring substituents is 1. The third-order valence-electron chi connectivity index (χ3n) is 4.08. The summed E-state index contributed by atoms with van der Waals surface area (Å²) in [6, 6.07) is 19.5. The van der Waals surface area contributed by atoms with Gasteiger partial charge in [0.15, 0.2) is 5.75 Å². The molecule has 0 bridgehead atoms. The number of rotatable bonds is 8. The van der Waals surface area contributed by atoms with Gasteiger partial charge >= 0.3 is 5.69 Å². The van der Waals surface area contributed by atoms with Crippen molar-refractivity contribution in [1.82, 2.24) is 0 Å². The molecular formula is C21H18N2O6S. The minimum Gasteiger partial charge on any atom is -0.493 e. The molecule has 0 aliphatic rings. The first-order valence-corrected chi connectivity index (χ1v) is 10.2. The van der Waals surface area contributed by atoms with E-state index in [0.717, 1.165) is 11.8 Å². The Morgan fingerprint density at radius 1 is 1.03 bits per heavy atom. The van der Waals surface area contributed by atoms with Crippen molar-refractivity contribution < 1.29 is 22.8 Å². The van der Waals surface area contributed by atoms with Crippen LogP contribution in [0.5, 0.6) is 11.5 Å². The summed E-state index contributed by atoms with van der Waals surface area (Å²) in [5.74, 6) is 0.0492. The van der Waals surface area contributed by atoms with Crippen molar-refractivity contribution in [3.8, 4) is 11.5 Å². The Kier molecular flexibility index (Phi) is 6.43. The van der Waals surface area contributed by atoms with Crippen molar-refractivity contribution in [1.29, 1.82) is 0 Å². The first-order valence-electron chi connectivity index (χ1n) is 8.79. The van der Waals surface area contributed by atoms with Crippen LogP contribution in [0.1, 0.15) is 11.1 Å². The summed E-state index contributed by atoms with van der Waals surface area (Å²) >= 11 is 0. The molecule has 0 radical (unpaired) electrons. The van der Waals surface area contributed by atoms with Crippen LogP contribution < -0.4 is 9.47 Å². The minimum absolute atomic E-state index is 0.0190. The number of methoxy groups -OCH3 is 1. The molecule has 0 heterocycles. The van der Waals surface area contributed by atoms with E-state index in [4.69, 9.17) is 9.47 Å². The molecule has 0 saturated carbocycles. The summed E-state index contributed by atoms with van der Waals surface area (Å²) in [5.41, 5.74) is 0.655. The zero-order valence-corrected chi connectivity index (χ0v) is 16.8. The molecule has 0 N–H and O–H groups in total. The summed E-state index contributed by atoms with van der Waals surface area (Å²) in [7, 11) is -2.60. The second-order valence-electron chi connectivity index (χ2n) is 6.13. The van der Waals surface area contributed by atoms with Crippen molar-refractivity contribution in [2.75, 3.05) is 7.11 Å². The molecule has 9 heteroatoms. The summed E-state index contributed by atoms with van der Waals surface area (Å²) < 4.78 is 39.1. The molecule has 0 spiro atoms. The third kappa shape index (κ3) is 5.00. The molecule has 154 valence electrons. The Morgan fingerprint density at radius 3 is 2.27 bits per heavy atom. The molecule has 3 aromatic carbocycles. The van der Waals surface area contributed by atoms with Gasteiger partial charge in [-0.25, -0.2) is 0 Å². The normalized spacial score (nSPS) is 11.4. The Labute approximate surface area is 173 Å². The summed E-state index contributed by atoms with van der Waals surface area (Å²) in [4.78, 5) is 11.0. The van der Waals surface area contributed by atoms with Crippen LogP contribution in [0.4, 0.5) is 5.69 Å². The van der Waals surface area contributed by atoms with Crippen LogP contribution in [0.15, 0.2) is 82.1 Å². The lowest BCUT2D eigenvalue weighted by Crippen LogP contribution is -2.03. The van der Waals surface area contributed by atoms with E-state index in [1.54, 1.807) is 18.2 Å². The van der Waals surface area contributed by atoms with E-state index in [1.165, 1.54) is 31.4 Å². The van der Waals surface area contributed by atoms with Crippen molar-refractivity contribution in [2.45, 2.75) is 11.5 Å². The monoisotopic (exact) mass is 426 g/mol. The number of nitro groups is 1. The fourth-order valence-electron chi connectivity index (χ4n) is 2.63. The highest BCUT2D eigenvalue weighted by molar-refractivity contribution is 7.90. The molecule has 3 aromatic rings. The second-order valence-corrected chi connectivity index (χ2v) is 7.76. The standard InChI is InChI=1S/C21H18N2O6S/c1-28-20-13-17(14-22-30(26,27)18-10-6-3-7-11-18)12-19(23(24)25)21(20)29-15-16-8-4-2-5-9-16/h2-14H,15H2,1H3/b22-14-. The van der Waals surface area contributed by atoms with Crippen molar-refractivity contribution in [3.05, 3.63) is 94.0 Å². The number of ether oxygens (including phenoxy) is 2. The fourth-order valence-corrected chi connectivity index (χ4v) is 3.51. The summed E-state index contributed by atoms with van der Waals surface area (Å²) in [6.45, 7) is 0.105. The van der Waals surface area contributed by atoms with E-state index in [9.17, 15) is 18.5 Å². The first-order chi connectivity index (χ1) is 14.4. The molecule has 0 aromatic heterocycles. The lowest BCUT2D eigenvalue weighted by atomic mass is 10.2. The van der Waals surface area contributed by atoms with E-state index in [0.29, 0.717) is 0 Å². The molecule has 0 atom stereocenters. The number of nitrogens with zero attached hydrogens (tertiary/aromatic N) is 2. The van der Waals surface area contributed by atoms with E-state index < -0.39 is 14.9 Å². The van der Waals surface area contributed by atoms with E-state index >= 15 is 0 Å². The van der Waals surface area contributed by atoms with E-state index in [-0.39, 0.29) is 34.3 Å². The molecule has 0 aliphatic heterocycles. The van der Waals surface area contributed by atoms with Gasteiger partial charge in [-0.3, -0.25) is 10.1 Å². The summed E-state index contributed by atoms with van der Waals surface area (Å²) in [6.07, 6.45) is 1.04. The van der Waals surface area contributed by atoms with Gasteiger partial charge in [-0.2, -0.15) is 12.8 Å². The molecule has 0 amide bonds. The molecule has 30 heavy (non-hydrogen) atoms. The largest absolute Gasteiger partial charge is 0.493 e. The van der Waals surface area contributed by atoms with Crippen molar-refractivity contribution >= 4 is 21.9 Å². The molecule has 0 aliphatic carbocycles. The Hall–Kier alpha value is -3.72. The molecular weight excluding hydrogens is 408 g/mol. The van der Waals surface area contributed by atoms with Crippen LogP contribution in [0.25, 0.3) is 0 Å². The predicted octanol–water partition coefficient (Wildman–Crippen LogP) is 3.99. The number of benzene rings is 3. The van der Waals surface area contributed by atoms with Crippen LogP contribution in [-0.4, -0.2) is 26.7 Å². The van der Waals surface area contributed by atoms with Gasteiger partial charge in [0.2, 0.25) is 5.75 Å². The van der Waals surface area contributed by atoms with Crippen LogP contribution in [-0.2, 0) is 16.6 Å². The van der Waals surface area contributed by atoms with Gasteiger partial charge in [0.1, 0.15) is 6.61 Å². The quantitative estimate of drug-likeness (QED) is 0.306. The first kappa shape index (κ1) is 21.0. The average molecular weight is 426 g/mol. The maximum absolute atomic E-state index is 12.3. The van der Waals surface area contributed by atoms with Crippen LogP contribution in [0, 0.1) is 10.1 Å². The highest BCUT2D eigenvalue weighted by atomic mass is 32.2. The van der Waals surface area contributed by atoms with Crippen LogP contribution >= 0.6 is 0 Å². The van der Waals surface area contributed by atoms with Gasteiger partial charge < -0.3 is 9.47 Å². The van der Waals surface area contributed by atoms with E-state index in [2.05, 4.69) is 4.40 Å². The van der Waals surface area contributed by atoms with Gasteiger partial charge in [-0.1, -0.05) is 48.5 Å². The number of hydrogen-bond donors (Lipinski definition) is 0. The molecule has 3 rings (SSSR count). The Balaban J connectivity index is 1.93. The topological polar surface area (TPSA) is 108 Å². The van der Waals surface area contributed by atoms with Crippen molar-refractivity contribution in [3.63, 3.8) is 0 Å². The van der Waals surface area contributed by atoms with E-state index in [1.807, 2.05) is 30.3 Å². The third-order valence-corrected chi connectivity index (χ3v) is 5.33. The smallest absolute Gasteiger partial charge is 0.315 e. The average Bonchev–Trinajstić information content (AvgIpc) is 2.77. The lowest BCUT2D eigenvalue weighted by Gasteiger charge is -2.12. The number of hydrogen-bond acceptors (Lipinski definition) is 6. The van der Waals surface area contributed by atoms with Gasteiger partial charge in [0.05, 0.1) is 16.9 Å². The second kappa shape index (κ2) is 9.19. The molecule has 0 fully saturated rings. The molecule has 0 unspecified atom stereocenters. The maximum atomic E-state index is 12.3. The van der Waals surface area contributed by atoms with Crippen LogP contribution in [0.3, 0.4) is 0 Å². The zero-order chi connectivity index (χ0) is 21.6. The Bertz CT molecular complexity index is 1160. The minimum atomic E-state index is -3.94. The van der Waals surface area contributed by atoms with Crippen LogP contribution in [0.2, 0.25) is 0 Å². The predicted molar refractivity (Wildman–Crippen MR) is 112 cm³/mol. The number of sulfonamides is 1. The van der Waals surface area contributed by atoms with Gasteiger partial charge in [-0.15, -0.1) is 0 Å². The van der Waals surface area contributed by atoms with Gasteiger partial charge in [-0.05, 0) is 23.8 Å². The summed E-state index contributed by atoms with van der Waals surface area (Å²) in [5, 5.41) is 11.6. The highest BCUT2D eigenvalue weighted by Crippen LogP contribution is 2.38. The molecule has 8 nitrogen and oxygen atoms in total. The van der Waals surface area contributed by atoms with Gasteiger partial charge in [0.25, 0.3) is 10.0 Å². The fraction of sp³-hybridized carbons (Fsp3) is 0.0952. The zero-order valence-electron chi connectivity index (χ0n) is 16.0. The van der Waals surface area contributed by atoms with Gasteiger partial charge in [0, 0.05) is 17.8 Å². The SMILES string of the molecule is COc1cc(/C=N\S(=O)(=O)c2ccccc2)cc([N+](=O)[O-])c1OCc1ccccc1. The maximum Gasteiger partial charge on any atom is 0.315 e. The lowest BCUT2D eigenvalue weighted by molar-refractivity contribution is -0.386. The Morgan fingerprint density at radius 2 is 1.67 bits per heavy atom.